The van der Waals surface area contributed by atoms with Gasteiger partial charge in [0.1, 0.15) is 8.42 Å². The number of nitrogens with zero attached hydrogens (tertiary/aromatic N) is 1. The smallest absolute Gasteiger partial charge is 0.200 e. The van der Waals surface area contributed by atoms with Crippen LogP contribution in [-0.4, -0.2) is 8.07 Å². The molecule has 0 fully saturated rings. The minimum atomic E-state index is -1.43. The van der Waals surface area contributed by atoms with Gasteiger partial charge in [-0.3, -0.25) is 0 Å². The van der Waals surface area contributed by atoms with Crippen molar-refractivity contribution >= 4 is 24.0 Å². The molecular formula is C29H34NSi+. The highest BCUT2D eigenvalue weighted by atomic mass is 28.3. The lowest BCUT2D eigenvalue weighted by Crippen LogP contribution is -2.37. The summed E-state index contributed by atoms with van der Waals surface area (Å²) >= 11 is 0. The summed E-state index contributed by atoms with van der Waals surface area (Å²) < 4.78 is 10.8. The predicted octanol–water partition coefficient (Wildman–Crippen LogP) is 6.98. The van der Waals surface area contributed by atoms with Crippen LogP contribution in [0.2, 0.25) is 19.6 Å². The van der Waals surface area contributed by atoms with Gasteiger partial charge in [0.05, 0.1) is 19.0 Å². The quantitative estimate of drug-likeness (QED) is 0.245. The molecule has 0 aliphatic heterocycles. The third-order valence-corrected chi connectivity index (χ3v) is 8.40. The fourth-order valence-electron chi connectivity index (χ4n) is 4.48. The molecule has 0 amide bonds. The molecule has 0 aliphatic carbocycles. The molecule has 0 spiro atoms. The fraction of sp³-hybridized carbons (Fsp3) is 0.276. The molecule has 1 heterocycles. The van der Waals surface area contributed by atoms with Crippen molar-refractivity contribution in [2.24, 2.45) is 7.05 Å². The number of rotatable bonds is 4. The molecule has 0 radical (unpaired) electrons. The van der Waals surface area contributed by atoms with Crippen LogP contribution in [0.1, 0.15) is 32.3 Å². The minimum Gasteiger partial charge on any atom is -0.200 e. The van der Waals surface area contributed by atoms with E-state index in [0.29, 0.717) is 12.1 Å². The van der Waals surface area contributed by atoms with Gasteiger partial charge in [-0.1, -0.05) is 87.2 Å². The summed E-state index contributed by atoms with van der Waals surface area (Å²) in [6, 6.07) is 24.2. The van der Waals surface area contributed by atoms with Gasteiger partial charge in [0, 0.05) is 6.07 Å². The van der Waals surface area contributed by atoms with E-state index in [1.54, 1.807) is 0 Å². The third-order valence-electron chi connectivity index (χ3n) is 6.35. The lowest BCUT2D eigenvalue weighted by atomic mass is 9.87. The molecule has 1 aromatic heterocycles. The van der Waals surface area contributed by atoms with Gasteiger partial charge in [-0.05, 0) is 52.6 Å². The van der Waals surface area contributed by atoms with Crippen LogP contribution in [0.25, 0.3) is 33.2 Å². The zero-order valence-electron chi connectivity index (χ0n) is 20.9. The topological polar surface area (TPSA) is 3.88 Å². The van der Waals surface area contributed by atoms with Crippen LogP contribution in [0.5, 0.6) is 0 Å². The maximum Gasteiger partial charge on any atom is 0.220 e. The normalized spacial score (nSPS) is 12.5. The lowest BCUT2D eigenvalue weighted by molar-refractivity contribution is -0.659. The highest BCUT2D eigenvalue weighted by molar-refractivity contribution is 6.88. The molecule has 4 rings (SSSR count). The molecule has 0 unspecified atom stereocenters. The summed E-state index contributed by atoms with van der Waals surface area (Å²) in [6.07, 6.45) is 0.538. The highest BCUT2D eigenvalue weighted by Gasteiger charge is 2.23. The van der Waals surface area contributed by atoms with Crippen LogP contribution in [0, 0.1) is 6.92 Å². The third kappa shape index (κ3) is 4.09. The standard InChI is InChI=1S/C29H34NSi/c1-20(2)27-18-24(22-11-9-8-10-12-22)19-28(21(27)3)29-26-14-13-25(31(5,6)7)17-23(26)15-16-30(29)4/h8-20H,1-7H3/q+1/i16D. The van der Waals surface area contributed by atoms with Gasteiger partial charge in [0.15, 0.2) is 6.17 Å². The van der Waals surface area contributed by atoms with Gasteiger partial charge < -0.3 is 0 Å². The van der Waals surface area contributed by atoms with Gasteiger partial charge in [-0.2, -0.15) is 0 Å². The van der Waals surface area contributed by atoms with E-state index in [1.807, 2.05) is 17.7 Å². The Hall–Kier alpha value is -2.71. The van der Waals surface area contributed by atoms with Crippen molar-refractivity contribution in [3.8, 4) is 22.4 Å². The molecule has 2 heteroatoms. The molecule has 0 bridgehead atoms. The highest BCUT2D eigenvalue weighted by Crippen LogP contribution is 2.36. The Balaban J connectivity index is 2.07. The molecule has 158 valence electrons. The van der Waals surface area contributed by atoms with Crippen molar-refractivity contribution in [2.45, 2.75) is 46.3 Å². The second-order valence-corrected chi connectivity index (χ2v) is 15.1. The molecule has 0 saturated heterocycles. The average molecular weight is 426 g/mol. The number of fused-ring (bicyclic) bond motifs is 1. The molecule has 0 saturated carbocycles. The Morgan fingerprint density at radius 3 is 2.23 bits per heavy atom. The largest absolute Gasteiger partial charge is 0.220 e. The Morgan fingerprint density at radius 1 is 0.871 bits per heavy atom. The molecule has 3 aromatic carbocycles. The van der Waals surface area contributed by atoms with Crippen molar-refractivity contribution in [3.63, 3.8) is 0 Å². The Kier molecular flexibility index (Phi) is 5.27. The molecule has 1 nitrogen and oxygen atoms in total. The van der Waals surface area contributed by atoms with E-state index in [4.69, 9.17) is 1.37 Å². The average Bonchev–Trinajstić information content (AvgIpc) is 2.74. The van der Waals surface area contributed by atoms with E-state index >= 15 is 0 Å². The van der Waals surface area contributed by atoms with Crippen molar-refractivity contribution in [2.75, 3.05) is 0 Å². The summed E-state index contributed by atoms with van der Waals surface area (Å²) in [5, 5.41) is 3.81. The van der Waals surface area contributed by atoms with Crippen LogP contribution in [0.4, 0.5) is 0 Å². The van der Waals surface area contributed by atoms with Gasteiger partial charge in [-0.15, -0.1) is 0 Å². The minimum absolute atomic E-state index is 0.423. The van der Waals surface area contributed by atoms with Crippen molar-refractivity contribution in [1.29, 1.82) is 0 Å². The Bertz CT molecular complexity index is 1300. The molecule has 0 atom stereocenters. The summed E-state index contributed by atoms with van der Waals surface area (Å²) in [7, 11) is 0.587. The van der Waals surface area contributed by atoms with Gasteiger partial charge in [0.25, 0.3) is 0 Å². The second kappa shape index (κ2) is 8.09. The van der Waals surface area contributed by atoms with Crippen molar-refractivity contribution in [1.82, 2.24) is 0 Å². The maximum absolute atomic E-state index is 8.72. The first-order valence-electron chi connectivity index (χ1n) is 11.7. The van der Waals surface area contributed by atoms with Gasteiger partial charge in [-0.25, -0.2) is 4.57 Å². The molecule has 0 aliphatic rings. The van der Waals surface area contributed by atoms with E-state index < -0.39 is 8.07 Å². The van der Waals surface area contributed by atoms with E-state index in [-0.39, 0.29) is 0 Å². The summed E-state index contributed by atoms with van der Waals surface area (Å²) in [6.45, 7) is 13.9. The van der Waals surface area contributed by atoms with Gasteiger partial charge >= 0.3 is 0 Å². The zero-order chi connectivity index (χ0) is 23.2. The SMILES string of the molecule is [2H]c1cc2cc([Si](C)(C)C)ccc2c(-c2cc(-c3ccccc3)cc(C(C)C)c2C)[n+]1C. The summed E-state index contributed by atoms with van der Waals surface area (Å²) in [4.78, 5) is 0. The van der Waals surface area contributed by atoms with Crippen molar-refractivity contribution in [3.05, 3.63) is 84.0 Å². The number of hydrogen-bond acceptors (Lipinski definition) is 0. The summed E-state index contributed by atoms with van der Waals surface area (Å²) in [5.41, 5.74) is 7.48. The molecule has 0 N–H and O–H groups in total. The van der Waals surface area contributed by atoms with Crippen LogP contribution >= 0.6 is 0 Å². The predicted molar refractivity (Wildman–Crippen MR) is 138 cm³/mol. The molecule has 31 heavy (non-hydrogen) atoms. The number of pyridine rings is 1. The number of hydrogen-bond donors (Lipinski definition) is 0. The Morgan fingerprint density at radius 2 is 1.58 bits per heavy atom. The van der Waals surface area contributed by atoms with Crippen molar-refractivity contribution < 1.29 is 5.94 Å². The molecular weight excluding hydrogens is 390 g/mol. The van der Waals surface area contributed by atoms with Crippen LogP contribution in [-0.2, 0) is 7.05 Å². The second-order valence-electron chi connectivity index (χ2n) is 9.99. The van der Waals surface area contributed by atoms with E-state index in [0.717, 1.165) is 5.69 Å². The lowest BCUT2D eigenvalue weighted by Gasteiger charge is -2.19. The van der Waals surface area contributed by atoms with Crippen LogP contribution < -0.4 is 9.75 Å². The zero-order valence-corrected chi connectivity index (χ0v) is 20.9. The Labute approximate surface area is 189 Å². The van der Waals surface area contributed by atoms with E-state index in [9.17, 15) is 0 Å². The van der Waals surface area contributed by atoms with E-state index in [2.05, 4.69) is 101 Å². The van der Waals surface area contributed by atoms with E-state index in [1.165, 1.54) is 43.8 Å². The summed E-state index contributed by atoms with van der Waals surface area (Å²) in [5.74, 6) is 0.423. The first kappa shape index (κ1) is 20.2. The first-order valence-corrected chi connectivity index (χ1v) is 14.7. The van der Waals surface area contributed by atoms with Crippen LogP contribution in [0.3, 0.4) is 0 Å². The molecule has 4 aromatic rings. The maximum atomic E-state index is 8.72. The van der Waals surface area contributed by atoms with Gasteiger partial charge in [0.2, 0.25) is 5.69 Å². The number of aromatic nitrogens is 1. The number of benzene rings is 3. The van der Waals surface area contributed by atoms with Crippen LogP contribution in [0.15, 0.2) is 72.9 Å². The fourth-order valence-corrected chi connectivity index (χ4v) is 5.65. The first-order chi connectivity index (χ1) is 15.1. The monoisotopic (exact) mass is 425 g/mol.